The van der Waals surface area contributed by atoms with Crippen molar-refractivity contribution >= 4 is 16.7 Å². The van der Waals surface area contributed by atoms with Gasteiger partial charge in [-0.3, -0.25) is 4.79 Å². The number of pyridine rings is 1. The average Bonchev–Trinajstić information content (AvgIpc) is 3.35. The molecule has 1 N–H and O–H groups in total. The minimum Gasteiger partial charge on any atom is -0.455 e. The van der Waals surface area contributed by atoms with Crippen LogP contribution in [0, 0.1) is 0 Å². The van der Waals surface area contributed by atoms with Crippen LogP contribution in [0.5, 0.6) is 5.88 Å². The number of fused-ring (bicyclic) bond motifs is 1. The zero-order valence-corrected chi connectivity index (χ0v) is 16.9. The lowest BCUT2D eigenvalue weighted by molar-refractivity contribution is -0.155. The third-order valence-electron chi connectivity index (χ3n) is 5.64. The third-order valence-corrected chi connectivity index (χ3v) is 5.64. The number of rotatable bonds is 5. The Labute approximate surface area is 182 Å². The Hall–Kier alpha value is -3.65. The minimum atomic E-state index is -3.41. The molecule has 0 amide bonds. The number of carbonyl (C=O) groups is 1. The predicted molar refractivity (Wildman–Crippen MR) is 114 cm³/mol. The Morgan fingerprint density at radius 1 is 1.09 bits per heavy atom. The van der Waals surface area contributed by atoms with E-state index in [1.165, 1.54) is 30.8 Å². The fourth-order valence-electron chi connectivity index (χ4n) is 3.93. The van der Waals surface area contributed by atoms with Gasteiger partial charge in [-0.1, -0.05) is 36.4 Å². The molecule has 1 aliphatic heterocycles. The van der Waals surface area contributed by atoms with Crippen LogP contribution in [0.3, 0.4) is 0 Å². The van der Waals surface area contributed by atoms with Gasteiger partial charge in [0.25, 0.3) is 5.92 Å². The summed E-state index contributed by atoms with van der Waals surface area (Å²) in [6, 6.07) is 16.8. The first kappa shape index (κ1) is 20.3. The number of ketones is 1. The highest BCUT2D eigenvalue weighted by Gasteiger charge is 2.62. The number of aromatic nitrogens is 2. The Morgan fingerprint density at radius 3 is 2.78 bits per heavy atom. The number of nitrogens with zero attached hydrogens (tertiary/aromatic N) is 2. The van der Waals surface area contributed by atoms with E-state index in [-0.39, 0.29) is 24.5 Å². The lowest BCUT2D eigenvalue weighted by atomic mass is 9.82. The lowest BCUT2D eigenvalue weighted by Crippen LogP contribution is -2.67. The monoisotopic (exact) mass is 435 g/mol. The number of carbonyl (C=O) groups excluding carboxylic acids is 1. The van der Waals surface area contributed by atoms with Gasteiger partial charge in [0.05, 0.1) is 11.7 Å². The Morgan fingerprint density at radius 2 is 1.97 bits per heavy atom. The van der Waals surface area contributed by atoms with Crippen LogP contribution in [-0.4, -0.2) is 40.4 Å². The summed E-state index contributed by atoms with van der Waals surface area (Å²) >= 11 is 0. The van der Waals surface area contributed by atoms with E-state index in [1.807, 2.05) is 12.1 Å². The number of ether oxygens (including phenoxy) is 1. The summed E-state index contributed by atoms with van der Waals surface area (Å²) in [5.41, 5.74) is -1.21. The summed E-state index contributed by atoms with van der Waals surface area (Å²) in [4.78, 5) is 21.8. The van der Waals surface area contributed by atoms with E-state index in [4.69, 9.17) is 9.15 Å². The van der Waals surface area contributed by atoms with Crippen molar-refractivity contribution in [3.63, 3.8) is 0 Å². The molecule has 162 valence electrons. The smallest absolute Gasteiger partial charge is 0.296 e. The third kappa shape index (κ3) is 3.42. The van der Waals surface area contributed by atoms with Gasteiger partial charge in [-0.05, 0) is 18.2 Å². The lowest BCUT2D eigenvalue weighted by Gasteiger charge is -2.42. The first-order valence-electron chi connectivity index (χ1n) is 10.2. The Bertz CT molecular complexity index is 1280. The summed E-state index contributed by atoms with van der Waals surface area (Å²) in [6.07, 6.45) is 2.22. The second-order valence-corrected chi connectivity index (χ2v) is 7.68. The quantitative estimate of drug-likeness (QED) is 0.465. The second-order valence-electron chi connectivity index (χ2n) is 7.68. The zero-order chi connectivity index (χ0) is 22.2. The molecular formula is C24H19F2N3O3. The number of Topliss-reactive ketones (excluding diaryl/α,β-unsaturated/α-hetero) is 1. The van der Waals surface area contributed by atoms with Crippen molar-refractivity contribution in [1.82, 2.24) is 15.3 Å². The highest BCUT2D eigenvalue weighted by molar-refractivity contribution is 6.04. The fraction of sp³-hybridized carbons (Fsp3) is 0.208. The number of oxazole rings is 1. The molecular weight excluding hydrogens is 416 g/mol. The standard InChI is InChI=1S/C24H19F2N3O3/c25-24(26)10-11-27-14-23(24,32-21-9-8-16-4-1-2-7-19(16)29-21)22(30)18-6-3-5-17(12-18)20-13-28-15-31-20/h1-9,12-13,15,27H,10-11,14H2. The predicted octanol–water partition coefficient (Wildman–Crippen LogP) is 4.52. The molecule has 8 heteroatoms. The number of benzene rings is 2. The van der Waals surface area contributed by atoms with Gasteiger partial charge in [-0.15, -0.1) is 0 Å². The van der Waals surface area contributed by atoms with Crippen LogP contribution in [0.15, 0.2) is 77.7 Å². The van der Waals surface area contributed by atoms with E-state index in [0.717, 1.165) is 5.39 Å². The van der Waals surface area contributed by atoms with Crippen LogP contribution in [0.25, 0.3) is 22.2 Å². The number of para-hydroxylation sites is 1. The number of hydrogen-bond acceptors (Lipinski definition) is 6. The van der Waals surface area contributed by atoms with Crippen molar-refractivity contribution in [3.05, 3.63) is 78.8 Å². The molecule has 0 spiro atoms. The molecule has 6 nitrogen and oxygen atoms in total. The molecule has 0 bridgehead atoms. The van der Waals surface area contributed by atoms with Gasteiger partial charge in [0.2, 0.25) is 17.3 Å². The molecule has 3 heterocycles. The van der Waals surface area contributed by atoms with Crippen LogP contribution < -0.4 is 10.1 Å². The van der Waals surface area contributed by atoms with Crippen molar-refractivity contribution in [2.45, 2.75) is 17.9 Å². The van der Waals surface area contributed by atoms with Crippen LogP contribution >= 0.6 is 0 Å². The van der Waals surface area contributed by atoms with Gasteiger partial charge in [0.1, 0.15) is 0 Å². The highest BCUT2D eigenvalue weighted by Crippen LogP contribution is 2.40. The molecule has 1 fully saturated rings. The minimum absolute atomic E-state index is 0.0354. The van der Waals surface area contributed by atoms with Crippen LogP contribution in [0.1, 0.15) is 16.8 Å². The van der Waals surface area contributed by atoms with Crippen molar-refractivity contribution in [2.24, 2.45) is 0 Å². The summed E-state index contributed by atoms with van der Waals surface area (Å²) in [5, 5.41) is 3.74. The van der Waals surface area contributed by atoms with Gasteiger partial charge >= 0.3 is 0 Å². The van der Waals surface area contributed by atoms with E-state index in [0.29, 0.717) is 16.8 Å². The van der Waals surface area contributed by atoms with Gasteiger partial charge in [-0.2, -0.15) is 0 Å². The first-order chi connectivity index (χ1) is 15.5. The topological polar surface area (TPSA) is 77.2 Å². The molecule has 32 heavy (non-hydrogen) atoms. The van der Waals surface area contributed by atoms with Crippen molar-refractivity contribution in [2.75, 3.05) is 13.1 Å². The van der Waals surface area contributed by atoms with Crippen molar-refractivity contribution in [3.8, 4) is 17.2 Å². The fourth-order valence-corrected chi connectivity index (χ4v) is 3.93. The number of alkyl halides is 2. The molecule has 5 rings (SSSR count). The van der Waals surface area contributed by atoms with E-state index in [2.05, 4.69) is 15.3 Å². The zero-order valence-electron chi connectivity index (χ0n) is 16.9. The molecule has 0 aliphatic carbocycles. The number of piperidine rings is 1. The summed E-state index contributed by atoms with van der Waals surface area (Å²) in [6.45, 7) is -0.269. The SMILES string of the molecule is O=C(c1cccc(-c2cnco2)c1)C1(Oc2ccc3ccccc3n2)CNCCC1(F)F. The average molecular weight is 435 g/mol. The van der Waals surface area contributed by atoms with Crippen LogP contribution in [-0.2, 0) is 0 Å². The number of nitrogens with one attached hydrogen (secondary N) is 1. The Balaban J connectivity index is 1.57. The number of hydrogen-bond donors (Lipinski definition) is 1. The first-order valence-corrected chi connectivity index (χ1v) is 10.2. The molecule has 2 aromatic heterocycles. The van der Waals surface area contributed by atoms with E-state index in [1.54, 1.807) is 30.3 Å². The molecule has 1 aliphatic rings. The second kappa shape index (κ2) is 7.80. The van der Waals surface area contributed by atoms with Crippen molar-refractivity contribution in [1.29, 1.82) is 0 Å². The number of halogens is 2. The molecule has 2 aromatic carbocycles. The van der Waals surface area contributed by atoms with Crippen LogP contribution in [0.4, 0.5) is 8.78 Å². The maximum atomic E-state index is 15.4. The van der Waals surface area contributed by atoms with Gasteiger partial charge < -0.3 is 14.5 Å². The molecule has 1 saturated heterocycles. The molecule has 0 radical (unpaired) electrons. The molecule has 4 aromatic rings. The van der Waals surface area contributed by atoms with Gasteiger partial charge in [-0.25, -0.2) is 18.7 Å². The normalized spacial score (nSPS) is 20.2. The van der Waals surface area contributed by atoms with E-state index in [9.17, 15) is 4.79 Å². The van der Waals surface area contributed by atoms with E-state index < -0.39 is 23.7 Å². The van der Waals surface area contributed by atoms with Gasteiger partial charge in [0.15, 0.2) is 12.2 Å². The summed E-state index contributed by atoms with van der Waals surface area (Å²) in [5.74, 6) is -3.84. The van der Waals surface area contributed by atoms with Gasteiger partial charge in [0, 0.05) is 42.1 Å². The Kier molecular flexibility index (Phi) is 4.94. The molecule has 1 atom stereocenters. The summed E-state index contributed by atoms with van der Waals surface area (Å²) in [7, 11) is 0. The van der Waals surface area contributed by atoms with E-state index >= 15 is 8.78 Å². The highest BCUT2D eigenvalue weighted by atomic mass is 19.3. The van der Waals surface area contributed by atoms with Crippen LogP contribution in [0.2, 0.25) is 0 Å². The molecule has 1 unspecified atom stereocenters. The molecule has 0 saturated carbocycles. The maximum Gasteiger partial charge on any atom is 0.296 e. The van der Waals surface area contributed by atoms with Crippen molar-refractivity contribution < 1.29 is 22.7 Å². The summed E-state index contributed by atoms with van der Waals surface area (Å²) < 4.78 is 41.9. The maximum absolute atomic E-state index is 15.4. The largest absolute Gasteiger partial charge is 0.455 e.